The molecule has 31 heavy (non-hydrogen) atoms. The van der Waals surface area contributed by atoms with Crippen molar-refractivity contribution in [3.63, 3.8) is 0 Å². The van der Waals surface area contributed by atoms with Crippen LogP contribution in [0.3, 0.4) is 0 Å². The highest BCUT2D eigenvalue weighted by molar-refractivity contribution is 8.00. The number of nitrogens with one attached hydrogen (secondary N) is 1. The summed E-state index contributed by atoms with van der Waals surface area (Å²) in [5.74, 6) is 1.62. The van der Waals surface area contributed by atoms with Gasteiger partial charge in [0.25, 0.3) is 0 Å². The van der Waals surface area contributed by atoms with Crippen LogP contribution in [0.25, 0.3) is 11.4 Å². The van der Waals surface area contributed by atoms with Crippen LogP contribution in [0.15, 0.2) is 72.4 Å². The van der Waals surface area contributed by atoms with Crippen LogP contribution in [0.1, 0.15) is 25.3 Å². The highest BCUT2D eigenvalue weighted by Crippen LogP contribution is 2.32. The Bertz CT molecular complexity index is 1020. The number of methoxy groups -OCH3 is 1. The fraction of sp³-hybridized carbons (Fsp3) is 0.292. The number of carbonyl (C=O) groups is 1. The lowest BCUT2D eigenvalue weighted by molar-refractivity contribution is -0.120. The Morgan fingerprint density at radius 2 is 1.87 bits per heavy atom. The van der Waals surface area contributed by atoms with Crippen molar-refractivity contribution in [3.05, 3.63) is 72.8 Å². The van der Waals surface area contributed by atoms with E-state index in [1.54, 1.807) is 13.2 Å². The van der Waals surface area contributed by atoms with Crippen LogP contribution < -0.4 is 10.1 Å². The summed E-state index contributed by atoms with van der Waals surface area (Å²) in [4.78, 5) is 12.7. The lowest BCUT2D eigenvalue weighted by Crippen LogP contribution is -2.33. The molecule has 1 amide bonds. The summed E-state index contributed by atoms with van der Waals surface area (Å²) in [5.41, 5.74) is 2.05. The van der Waals surface area contributed by atoms with Crippen LogP contribution in [0.5, 0.6) is 5.75 Å². The summed E-state index contributed by atoms with van der Waals surface area (Å²) in [5, 5.41) is 12.1. The average molecular weight is 437 g/mol. The normalized spacial score (nSPS) is 12.7. The van der Waals surface area contributed by atoms with E-state index in [-0.39, 0.29) is 17.1 Å². The van der Waals surface area contributed by atoms with Crippen LogP contribution in [-0.2, 0) is 11.3 Å². The molecule has 162 valence electrons. The third kappa shape index (κ3) is 5.55. The number of hydrogen-bond donors (Lipinski definition) is 1. The summed E-state index contributed by atoms with van der Waals surface area (Å²) < 4.78 is 7.42. The van der Waals surface area contributed by atoms with Gasteiger partial charge in [-0.3, -0.25) is 9.36 Å². The van der Waals surface area contributed by atoms with E-state index in [2.05, 4.69) is 41.1 Å². The SMILES string of the molecule is C=CCn1c(SC(C)C(=O)NCC(C)c2ccccc2)nnc1-c1ccccc1OC. The molecule has 3 aromatic rings. The van der Waals surface area contributed by atoms with E-state index in [4.69, 9.17) is 4.74 Å². The lowest BCUT2D eigenvalue weighted by Gasteiger charge is -2.16. The van der Waals surface area contributed by atoms with E-state index in [9.17, 15) is 4.79 Å². The van der Waals surface area contributed by atoms with Gasteiger partial charge in [-0.05, 0) is 30.5 Å². The number of hydrogen-bond acceptors (Lipinski definition) is 5. The van der Waals surface area contributed by atoms with Crippen LogP contribution >= 0.6 is 11.8 Å². The molecule has 1 aromatic heterocycles. The van der Waals surface area contributed by atoms with Gasteiger partial charge in [0.1, 0.15) is 5.75 Å². The quantitative estimate of drug-likeness (QED) is 0.373. The number of ether oxygens (including phenoxy) is 1. The molecule has 0 radical (unpaired) electrons. The Morgan fingerprint density at radius 1 is 1.16 bits per heavy atom. The van der Waals surface area contributed by atoms with Crippen molar-refractivity contribution in [2.24, 2.45) is 0 Å². The minimum atomic E-state index is -0.318. The van der Waals surface area contributed by atoms with Gasteiger partial charge in [0.2, 0.25) is 5.91 Å². The maximum absolute atomic E-state index is 12.7. The molecule has 0 spiro atoms. The minimum absolute atomic E-state index is 0.0280. The summed E-state index contributed by atoms with van der Waals surface area (Å²) in [6.45, 7) is 8.95. The number of carbonyl (C=O) groups excluding carboxylic acids is 1. The standard InChI is InChI=1S/C24H28N4O2S/c1-5-15-28-22(20-13-9-10-14-21(20)30-4)26-27-24(28)31-18(3)23(29)25-16-17(2)19-11-7-6-8-12-19/h5-14,17-18H,1,15-16H2,2-4H3,(H,25,29). The Kier molecular flexibility index (Phi) is 7.89. The van der Waals surface area contributed by atoms with Crippen LogP contribution in [0.2, 0.25) is 0 Å². The van der Waals surface area contributed by atoms with E-state index in [1.807, 2.05) is 54.0 Å². The topological polar surface area (TPSA) is 69.0 Å². The fourth-order valence-corrected chi connectivity index (χ4v) is 4.09. The second-order valence-corrected chi connectivity index (χ2v) is 8.53. The molecule has 0 saturated heterocycles. The number of nitrogens with zero attached hydrogens (tertiary/aromatic N) is 3. The van der Waals surface area contributed by atoms with Crippen LogP contribution in [-0.4, -0.2) is 39.6 Å². The molecule has 2 aromatic carbocycles. The number of rotatable bonds is 10. The van der Waals surface area contributed by atoms with Gasteiger partial charge in [-0.25, -0.2) is 0 Å². The van der Waals surface area contributed by atoms with Gasteiger partial charge in [0.15, 0.2) is 11.0 Å². The molecule has 0 aliphatic carbocycles. The number of thioether (sulfide) groups is 1. The Labute approximate surface area is 187 Å². The van der Waals surface area contributed by atoms with Crippen molar-refractivity contribution in [2.75, 3.05) is 13.7 Å². The van der Waals surface area contributed by atoms with Crippen LogP contribution in [0, 0.1) is 0 Å². The van der Waals surface area contributed by atoms with Gasteiger partial charge in [-0.1, -0.05) is 67.2 Å². The number of benzene rings is 2. The van der Waals surface area contributed by atoms with E-state index in [0.717, 1.165) is 11.3 Å². The zero-order chi connectivity index (χ0) is 22.2. The molecule has 0 aliphatic heterocycles. The van der Waals surface area contributed by atoms with E-state index in [0.29, 0.717) is 24.1 Å². The zero-order valence-corrected chi connectivity index (χ0v) is 18.9. The molecular weight excluding hydrogens is 408 g/mol. The van der Waals surface area contributed by atoms with E-state index >= 15 is 0 Å². The van der Waals surface area contributed by atoms with Gasteiger partial charge in [0, 0.05) is 13.1 Å². The van der Waals surface area contributed by atoms with Gasteiger partial charge in [0.05, 0.1) is 17.9 Å². The second kappa shape index (κ2) is 10.8. The molecule has 3 rings (SSSR count). The first-order valence-electron chi connectivity index (χ1n) is 10.2. The third-order valence-electron chi connectivity index (χ3n) is 4.98. The first-order valence-corrected chi connectivity index (χ1v) is 11.1. The maximum Gasteiger partial charge on any atom is 0.233 e. The molecule has 1 heterocycles. The number of allylic oxidation sites excluding steroid dienone is 1. The molecule has 0 fully saturated rings. The Balaban J connectivity index is 1.70. The van der Waals surface area contributed by atoms with Crippen molar-refractivity contribution < 1.29 is 9.53 Å². The highest BCUT2D eigenvalue weighted by atomic mass is 32.2. The zero-order valence-electron chi connectivity index (χ0n) is 18.1. The summed E-state index contributed by atoms with van der Waals surface area (Å²) in [6, 6.07) is 17.8. The minimum Gasteiger partial charge on any atom is -0.496 e. The molecule has 7 heteroatoms. The lowest BCUT2D eigenvalue weighted by atomic mass is 10.0. The van der Waals surface area contributed by atoms with Crippen molar-refractivity contribution in [1.29, 1.82) is 0 Å². The average Bonchev–Trinajstić information content (AvgIpc) is 3.19. The molecular formula is C24H28N4O2S. The van der Waals surface area contributed by atoms with Crippen molar-refractivity contribution in [1.82, 2.24) is 20.1 Å². The van der Waals surface area contributed by atoms with Crippen molar-refractivity contribution in [3.8, 4) is 17.1 Å². The Morgan fingerprint density at radius 3 is 2.58 bits per heavy atom. The number of aromatic nitrogens is 3. The molecule has 0 bridgehead atoms. The second-order valence-electron chi connectivity index (χ2n) is 7.22. The molecule has 2 unspecified atom stereocenters. The highest BCUT2D eigenvalue weighted by Gasteiger charge is 2.22. The van der Waals surface area contributed by atoms with Gasteiger partial charge >= 0.3 is 0 Å². The molecule has 0 saturated carbocycles. The summed E-state index contributed by atoms with van der Waals surface area (Å²) in [7, 11) is 1.63. The maximum atomic E-state index is 12.7. The van der Waals surface area contributed by atoms with E-state index in [1.165, 1.54) is 17.3 Å². The van der Waals surface area contributed by atoms with Gasteiger partial charge in [-0.15, -0.1) is 16.8 Å². The summed E-state index contributed by atoms with van der Waals surface area (Å²) >= 11 is 1.38. The predicted molar refractivity (Wildman–Crippen MR) is 125 cm³/mol. The molecule has 0 aliphatic rings. The Hall–Kier alpha value is -3.06. The first kappa shape index (κ1) is 22.6. The van der Waals surface area contributed by atoms with Crippen LogP contribution in [0.4, 0.5) is 0 Å². The third-order valence-corrected chi connectivity index (χ3v) is 6.06. The predicted octanol–water partition coefficient (Wildman–Crippen LogP) is 4.54. The number of amides is 1. The molecule has 2 atom stereocenters. The van der Waals surface area contributed by atoms with Crippen molar-refractivity contribution in [2.45, 2.75) is 36.7 Å². The number of para-hydroxylation sites is 1. The van der Waals surface area contributed by atoms with Crippen molar-refractivity contribution >= 4 is 17.7 Å². The molecule has 6 nitrogen and oxygen atoms in total. The molecule has 1 N–H and O–H groups in total. The smallest absolute Gasteiger partial charge is 0.233 e. The fourth-order valence-electron chi connectivity index (χ4n) is 3.21. The van der Waals surface area contributed by atoms with Gasteiger partial charge in [-0.2, -0.15) is 0 Å². The monoisotopic (exact) mass is 436 g/mol. The van der Waals surface area contributed by atoms with Gasteiger partial charge < -0.3 is 10.1 Å². The summed E-state index contributed by atoms with van der Waals surface area (Å²) in [6.07, 6.45) is 1.79. The first-order chi connectivity index (χ1) is 15.0. The van der Waals surface area contributed by atoms with E-state index < -0.39 is 0 Å². The largest absolute Gasteiger partial charge is 0.496 e.